The molecule has 3 aromatic rings. The van der Waals surface area contributed by atoms with E-state index in [-0.39, 0.29) is 18.4 Å². The smallest absolute Gasteiger partial charge is 0.258 e. The minimum atomic E-state index is -0.0723. The molecule has 6 nitrogen and oxygen atoms in total. The molecule has 0 unspecified atom stereocenters. The second-order valence-corrected chi connectivity index (χ2v) is 7.73. The van der Waals surface area contributed by atoms with Gasteiger partial charge in [-0.05, 0) is 55.0 Å². The molecule has 2 amide bonds. The normalized spacial score (nSPS) is 13.2. The summed E-state index contributed by atoms with van der Waals surface area (Å²) in [4.78, 5) is 27.1. The van der Waals surface area contributed by atoms with Crippen molar-refractivity contribution in [1.82, 2.24) is 15.6 Å². The molecule has 1 heterocycles. The minimum Gasteiger partial charge on any atom is -0.484 e. The number of benzene rings is 2. The summed E-state index contributed by atoms with van der Waals surface area (Å²) < 4.78 is 5.51. The summed E-state index contributed by atoms with van der Waals surface area (Å²) >= 11 is 0. The SMILES string of the molecule is O=C(CCc1c[nH]c2ccccc12)NCCc1ccc(OCC(=O)NC2CC2)cc1. The van der Waals surface area contributed by atoms with E-state index in [4.69, 9.17) is 4.74 Å². The Labute approximate surface area is 176 Å². The van der Waals surface area contributed by atoms with Gasteiger partial charge in [0, 0.05) is 36.1 Å². The van der Waals surface area contributed by atoms with Crippen LogP contribution in [-0.4, -0.2) is 36.0 Å². The van der Waals surface area contributed by atoms with E-state index in [0.29, 0.717) is 24.8 Å². The number of hydrogen-bond acceptors (Lipinski definition) is 3. The highest BCUT2D eigenvalue weighted by Crippen LogP contribution is 2.19. The first kappa shape index (κ1) is 20.0. The molecule has 156 valence electrons. The summed E-state index contributed by atoms with van der Waals surface area (Å²) in [7, 11) is 0. The minimum absolute atomic E-state index is 0.0440. The van der Waals surface area contributed by atoms with Crippen molar-refractivity contribution in [3.63, 3.8) is 0 Å². The van der Waals surface area contributed by atoms with Crippen LogP contribution in [0.5, 0.6) is 5.75 Å². The molecule has 0 spiro atoms. The molecule has 1 aliphatic rings. The maximum Gasteiger partial charge on any atom is 0.258 e. The van der Waals surface area contributed by atoms with Crippen LogP contribution in [0.2, 0.25) is 0 Å². The molecule has 1 fully saturated rings. The molecular weight excluding hydrogens is 378 g/mol. The molecule has 6 heteroatoms. The lowest BCUT2D eigenvalue weighted by Gasteiger charge is -2.08. The van der Waals surface area contributed by atoms with Gasteiger partial charge in [0.05, 0.1) is 0 Å². The summed E-state index contributed by atoms with van der Waals surface area (Å²) in [5.41, 5.74) is 3.38. The third-order valence-electron chi connectivity index (χ3n) is 5.27. The molecule has 2 aromatic carbocycles. The zero-order valence-corrected chi connectivity index (χ0v) is 16.9. The fourth-order valence-corrected chi connectivity index (χ4v) is 3.42. The van der Waals surface area contributed by atoms with E-state index < -0.39 is 0 Å². The molecule has 3 N–H and O–H groups in total. The van der Waals surface area contributed by atoms with Crippen LogP contribution in [0.3, 0.4) is 0 Å². The van der Waals surface area contributed by atoms with Gasteiger partial charge in [-0.25, -0.2) is 0 Å². The van der Waals surface area contributed by atoms with Gasteiger partial charge in [0.2, 0.25) is 5.91 Å². The number of aromatic amines is 1. The number of H-pyrrole nitrogens is 1. The van der Waals surface area contributed by atoms with Gasteiger partial charge in [-0.3, -0.25) is 9.59 Å². The number of fused-ring (bicyclic) bond motifs is 1. The summed E-state index contributed by atoms with van der Waals surface area (Å²) in [6.07, 6.45) is 6.06. The van der Waals surface area contributed by atoms with Crippen LogP contribution < -0.4 is 15.4 Å². The van der Waals surface area contributed by atoms with E-state index in [0.717, 1.165) is 36.8 Å². The summed E-state index contributed by atoms with van der Waals surface area (Å²) in [5.74, 6) is 0.659. The first-order valence-corrected chi connectivity index (χ1v) is 10.5. The molecule has 1 saturated carbocycles. The molecule has 1 aromatic heterocycles. The Hall–Kier alpha value is -3.28. The monoisotopic (exact) mass is 405 g/mol. The predicted molar refractivity (Wildman–Crippen MR) is 116 cm³/mol. The topological polar surface area (TPSA) is 83.2 Å². The number of aromatic nitrogens is 1. The third-order valence-corrected chi connectivity index (χ3v) is 5.27. The second-order valence-electron chi connectivity index (χ2n) is 7.73. The summed E-state index contributed by atoms with van der Waals surface area (Å²) in [5, 5.41) is 7.06. The molecular formula is C24H27N3O3. The Morgan fingerprint density at radius 1 is 1.00 bits per heavy atom. The van der Waals surface area contributed by atoms with Gasteiger partial charge in [0.1, 0.15) is 5.75 Å². The Bertz CT molecular complexity index is 1010. The number of carbonyl (C=O) groups is 2. The van der Waals surface area contributed by atoms with Gasteiger partial charge < -0.3 is 20.4 Å². The highest BCUT2D eigenvalue weighted by molar-refractivity contribution is 5.84. The lowest BCUT2D eigenvalue weighted by Crippen LogP contribution is -2.30. The first-order chi connectivity index (χ1) is 14.7. The molecule has 0 saturated heterocycles. The molecule has 1 aliphatic carbocycles. The fourth-order valence-electron chi connectivity index (χ4n) is 3.42. The number of rotatable bonds is 10. The fraction of sp³-hybridized carbons (Fsp3) is 0.333. The lowest BCUT2D eigenvalue weighted by atomic mass is 10.1. The van der Waals surface area contributed by atoms with Crippen molar-refractivity contribution >= 4 is 22.7 Å². The van der Waals surface area contributed by atoms with Crippen molar-refractivity contribution in [3.8, 4) is 5.75 Å². The largest absolute Gasteiger partial charge is 0.484 e. The van der Waals surface area contributed by atoms with Gasteiger partial charge in [-0.15, -0.1) is 0 Å². The van der Waals surface area contributed by atoms with Crippen molar-refractivity contribution in [2.24, 2.45) is 0 Å². The Morgan fingerprint density at radius 3 is 2.60 bits per heavy atom. The van der Waals surface area contributed by atoms with Crippen LogP contribution in [0.4, 0.5) is 0 Å². The predicted octanol–water partition coefficient (Wildman–Crippen LogP) is 3.12. The summed E-state index contributed by atoms with van der Waals surface area (Å²) in [6.45, 7) is 0.638. The Kier molecular flexibility index (Phi) is 6.32. The Morgan fingerprint density at radius 2 is 1.80 bits per heavy atom. The molecule has 0 aliphatic heterocycles. The van der Waals surface area contributed by atoms with Gasteiger partial charge in [0.15, 0.2) is 6.61 Å². The summed E-state index contributed by atoms with van der Waals surface area (Å²) in [6, 6.07) is 16.1. The van der Waals surface area contributed by atoms with E-state index in [1.807, 2.05) is 48.7 Å². The van der Waals surface area contributed by atoms with E-state index in [9.17, 15) is 9.59 Å². The van der Waals surface area contributed by atoms with Gasteiger partial charge in [-0.1, -0.05) is 30.3 Å². The average molecular weight is 405 g/mol. The van der Waals surface area contributed by atoms with Crippen LogP contribution in [0.25, 0.3) is 10.9 Å². The van der Waals surface area contributed by atoms with E-state index in [2.05, 4.69) is 21.7 Å². The molecule has 0 bridgehead atoms. The first-order valence-electron chi connectivity index (χ1n) is 10.5. The molecule has 4 rings (SSSR count). The molecule has 30 heavy (non-hydrogen) atoms. The number of hydrogen-bond donors (Lipinski definition) is 3. The van der Waals surface area contributed by atoms with Crippen molar-refractivity contribution in [2.45, 2.75) is 38.1 Å². The number of nitrogens with one attached hydrogen (secondary N) is 3. The van der Waals surface area contributed by atoms with E-state index in [1.54, 1.807) is 0 Å². The van der Waals surface area contributed by atoms with Gasteiger partial charge in [0.25, 0.3) is 5.91 Å². The molecule has 0 radical (unpaired) electrons. The lowest BCUT2D eigenvalue weighted by molar-refractivity contribution is -0.123. The molecule has 0 atom stereocenters. The van der Waals surface area contributed by atoms with Gasteiger partial charge in [-0.2, -0.15) is 0 Å². The number of carbonyl (C=O) groups excluding carboxylic acids is 2. The number of para-hydroxylation sites is 1. The number of amides is 2. The highest BCUT2D eigenvalue weighted by atomic mass is 16.5. The second kappa shape index (κ2) is 9.48. The zero-order valence-electron chi connectivity index (χ0n) is 16.9. The maximum atomic E-state index is 12.2. The standard InChI is InChI=1S/C24H27N3O3/c28-23(12-7-18-15-26-22-4-2-1-3-21(18)22)25-14-13-17-5-10-20(11-6-17)30-16-24(29)27-19-8-9-19/h1-6,10-11,15,19,26H,7-9,12-14,16H2,(H,25,28)(H,27,29). The Balaban J connectivity index is 1.15. The van der Waals surface area contributed by atoms with Crippen LogP contribution in [0.1, 0.15) is 30.4 Å². The number of aryl methyl sites for hydroxylation is 1. The van der Waals surface area contributed by atoms with Gasteiger partial charge >= 0.3 is 0 Å². The third kappa shape index (κ3) is 5.63. The van der Waals surface area contributed by atoms with Crippen LogP contribution in [0, 0.1) is 0 Å². The van der Waals surface area contributed by atoms with Crippen molar-refractivity contribution in [2.75, 3.05) is 13.2 Å². The van der Waals surface area contributed by atoms with Crippen LogP contribution >= 0.6 is 0 Å². The zero-order chi connectivity index (χ0) is 20.8. The highest BCUT2D eigenvalue weighted by Gasteiger charge is 2.23. The van der Waals surface area contributed by atoms with Crippen molar-refractivity contribution < 1.29 is 14.3 Å². The average Bonchev–Trinajstić information content (AvgIpc) is 3.48. The van der Waals surface area contributed by atoms with E-state index in [1.165, 1.54) is 10.9 Å². The van der Waals surface area contributed by atoms with Crippen molar-refractivity contribution in [1.29, 1.82) is 0 Å². The van der Waals surface area contributed by atoms with Crippen LogP contribution in [-0.2, 0) is 22.4 Å². The maximum absolute atomic E-state index is 12.2. The van der Waals surface area contributed by atoms with Crippen molar-refractivity contribution in [3.05, 3.63) is 65.9 Å². The van der Waals surface area contributed by atoms with Crippen LogP contribution in [0.15, 0.2) is 54.7 Å². The van der Waals surface area contributed by atoms with E-state index >= 15 is 0 Å². The quantitative estimate of drug-likeness (QED) is 0.485. The number of ether oxygens (including phenoxy) is 1.